The monoisotopic (exact) mass is 257 g/mol. The highest BCUT2D eigenvalue weighted by Crippen LogP contribution is 2.27. The van der Waals surface area contributed by atoms with Crippen molar-refractivity contribution in [3.05, 3.63) is 35.5 Å². The van der Waals surface area contributed by atoms with Crippen LogP contribution < -0.4 is 0 Å². The fraction of sp³-hybridized carbons (Fsp3) is 0.438. The Kier molecular flexibility index (Phi) is 3.15. The van der Waals surface area contributed by atoms with Crippen LogP contribution in [-0.2, 0) is 11.8 Å². The van der Waals surface area contributed by atoms with Crippen LogP contribution in [-0.4, -0.2) is 23.6 Å². The Balaban J connectivity index is 2.02. The number of carbonyl (C=O) groups is 1. The molecule has 3 heteroatoms. The molecule has 1 aliphatic rings. The van der Waals surface area contributed by atoms with E-state index in [0.29, 0.717) is 13.2 Å². The van der Waals surface area contributed by atoms with Crippen molar-refractivity contribution in [2.24, 2.45) is 13.0 Å². The zero-order valence-electron chi connectivity index (χ0n) is 11.5. The molecule has 0 saturated carbocycles. The van der Waals surface area contributed by atoms with Gasteiger partial charge in [-0.1, -0.05) is 12.1 Å². The topological polar surface area (TPSA) is 31.2 Å². The van der Waals surface area contributed by atoms with E-state index < -0.39 is 0 Å². The number of fused-ring (bicyclic) bond motifs is 1. The molecule has 0 unspecified atom stereocenters. The summed E-state index contributed by atoms with van der Waals surface area (Å²) >= 11 is 0. The summed E-state index contributed by atoms with van der Waals surface area (Å²) in [5, 5.41) is 1.07. The van der Waals surface area contributed by atoms with Crippen LogP contribution in [0.3, 0.4) is 0 Å². The maximum Gasteiger partial charge on any atom is 0.168 e. The first-order valence-corrected chi connectivity index (χ1v) is 6.84. The molecule has 1 aliphatic heterocycles. The first-order valence-electron chi connectivity index (χ1n) is 6.84. The van der Waals surface area contributed by atoms with Crippen LogP contribution in [0.2, 0.25) is 0 Å². The van der Waals surface area contributed by atoms with Gasteiger partial charge in [-0.2, -0.15) is 0 Å². The molecule has 0 aliphatic carbocycles. The van der Waals surface area contributed by atoms with E-state index in [9.17, 15) is 4.79 Å². The number of benzene rings is 1. The number of aromatic nitrogens is 1. The number of carbonyl (C=O) groups excluding carboxylic acids is 1. The van der Waals surface area contributed by atoms with Gasteiger partial charge in [-0.15, -0.1) is 0 Å². The Bertz CT molecular complexity index is 621. The fourth-order valence-corrected chi connectivity index (χ4v) is 2.87. The lowest BCUT2D eigenvalue weighted by molar-refractivity contribution is 0.0546. The summed E-state index contributed by atoms with van der Waals surface area (Å²) in [4.78, 5) is 12.6. The maximum atomic E-state index is 12.6. The Morgan fingerprint density at radius 2 is 2.05 bits per heavy atom. The van der Waals surface area contributed by atoms with E-state index in [0.717, 1.165) is 29.3 Å². The highest BCUT2D eigenvalue weighted by molar-refractivity contribution is 6.09. The number of Topliss-reactive ketones (excluding diaryl/α,β-unsaturated/α-hetero) is 1. The van der Waals surface area contributed by atoms with Crippen molar-refractivity contribution in [1.29, 1.82) is 0 Å². The van der Waals surface area contributed by atoms with Gasteiger partial charge in [0.25, 0.3) is 0 Å². The number of hydrogen-bond donors (Lipinski definition) is 0. The average Bonchev–Trinajstić information content (AvgIpc) is 2.76. The summed E-state index contributed by atoms with van der Waals surface area (Å²) < 4.78 is 7.39. The third kappa shape index (κ3) is 2.19. The molecule has 0 atom stereocenters. The molecule has 3 nitrogen and oxygen atoms in total. The van der Waals surface area contributed by atoms with Gasteiger partial charge in [0.1, 0.15) is 0 Å². The first-order chi connectivity index (χ1) is 9.16. The van der Waals surface area contributed by atoms with Crippen LogP contribution in [0, 0.1) is 12.8 Å². The molecule has 3 rings (SSSR count). The van der Waals surface area contributed by atoms with Crippen LogP contribution in [0.15, 0.2) is 24.4 Å². The molecule has 1 aromatic carbocycles. The first kappa shape index (κ1) is 12.4. The lowest BCUT2D eigenvalue weighted by atomic mass is 9.91. The van der Waals surface area contributed by atoms with Gasteiger partial charge >= 0.3 is 0 Å². The van der Waals surface area contributed by atoms with Crippen LogP contribution in [0.4, 0.5) is 0 Å². The van der Waals surface area contributed by atoms with Crippen LogP contribution >= 0.6 is 0 Å². The third-order valence-corrected chi connectivity index (χ3v) is 4.00. The SMILES string of the molecule is Cc1ccc2c(C(=O)C3CCOCC3)cn(C)c2c1. The molecule has 2 aromatic rings. The van der Waals surface area contributed by atoms with Gasteiger partial charge in [0, 0.05) is 48.8 Å². The molecule has 0 radical (unpaired) electrons. The summed E-state index contributed by atoms with van der Waals surface area (Å²) in [5.74, 6) is 0.401. The molecule has 1 aromatic heterocycles. The largest absolute Gasteiger partial charge is 0.381 e. The number of rotatable bonds is 2. The van der Waals surface area contributed by atoms with Crippen molar-refractivity contribution in [2.75, 3.05) is 13.2 Å². The van der Waals surface area contributed by atoms with Crippen LogP contribution in [0.25, 0.3) is 10.9 Å². The highest BCUT2D eigenvalue weighted by Gasteiger charge is 2.25. The summed E-state index contributed by atoms with van der Waals surface area (Å²) in [5.41, 5.74) is 3.22. The van der Waals surface area contributed by atoms with E-state index >= 15 is 0 Å². The standard InChI is InChI=1S/C16H19NO2/c1-11-3-4-13-14(10-17(2)15(13)9-11)16(18)12-5-7-19-8-6-12/h3-4,9-10,12H,5-8H2,1-2H3. The molecule has 0 amide bonds. The van der Waals surface area contributed by atoms with E-state index in [4.69, 9.17) is 4.74 Å². The second-order valence-corrected chi connectivity index (χ2v) is 5.43. The summed E-state index contributed by atoms with van der Waals surface area (Å²) in [6, 6.07) is 6.27. The lowest BCUT2D eigenvalue weighted by Gasteiger charge is -2.20. The molecule has 1 saturated heterocycles. The highest BCUT2D eigenvalue weighted by atomic mass is 16.5. The van der Waals surface area contributed by atoms with Gasteiger partial charge in [-0.25, -0.2) is 0 Å². The molecular weight excluding hydrogens is 238 g/mol. The average molecular weight is 257 g/mol. The predicted molar refractivity (Wildman–Crippen MR) is 75.5 cm³/mol. The van der Waals surface area contributed by atoms with E-state index in [-0.39, 0.29) is 11.7 Å². The van der Waals surface area contributed by atoms with Crippen LogP contribution in [0.5, 0.6) is 0 Å². The normalized spacial score (nSPS) is 16.9. The van der Waals surface area contributed by atoms with Crippen molar-refractivity contribution < 1.29 is 9.53 Å². The molecule has 100 valence electrons. The quantitative estimate of drug-likeness (QED) is 0.774. The zero-order chi connectivity index (χ0) is 13.4. The Labute approximate surface area is 113 Å². The summed E-state index contributed by atoms with van der Waals surface area (Å²) in [7, 11) is 2.00. The number of nitrogens with zero attached hydrogens (tertiary/aromatic N) is 1. The van der Waals surface area contributed by atoms with Crippen molar-refractivity contribution >= 4 is 16.7 Å². The number of ether oxygens (including phenoxy) is 1. The molecule has 2 heterocycles. The molecule has 0 N–H and O–H groups in total. The van der Waals surface area contributed by atoms with Crippen molar-refractivity contribution in [1.82, 2.24) is 4.57 Å². The van der Waals surface area contributed by atoms with E-state index in [1.807, 2.05) is 13.2 Å². The minimum atomic E-state index is 0.126. The van der Waals surface area contributed by atoms with Gasteiger partial charge in [-0.3, -0.25) is 4.79 Å². The zero-order valence-corrected chi connectivity index (χ0v) is 11.5. The molecule has 19 heavy (non-hydrogen) atoms. The van der Waals surface area contributed by atoms with Crippen molar-refractivity contribution in [2.45, 2.75) is 19.8 Å². The second-order valence-electron chi connectivity index (χ2n) is 5.43. The Morgan fingerprint density at radius 3 is 2.79 bits per heavy atom. The van der Waals surface area contributed by atoms with Gasteiger partial charge in [0.15, 0.2) is 5.78 Å². The van der Waals surface area contributed by atoms with Crippen molar-refractivity contribution in [3.63, 3.8) is 0 Å². The third-order valence-electron chi connectivity index (χ3n) is 4.00. The minimum absolute atomic E-state index is 0.126. The Morgan fingerprint density at radius 1 is 1.32 bits per heavy atom. The van der Waals surface area contributed by atoms with Gasteiger partial charge in [-0.05, 0) is 31.4 Å². The van der Waals surface area contributed by atoms with E-state index in [2.05, 4.69) is 29.7 Å². The van der Waals surface area contributed by atoms with Crippen LogP contribution in [0.1, 0.15) is 28.8 Å². The minimum Gasteiger partial charge on any atom is -0.381 e. The Hall–Kier alpha value is -1.61. The molecule has 1 fully saturated rings. The summed E-state index contributed by atoms with van der Waals surface area (Å²) in [6.45, 7) is 3.49. The fourth-order valence-electron chi connectivity index (χ4n) is 2.87. The van der Waals surface area contributed by atoms with Gasteiger partial charge in [0.2, 0.25) is 0 Å². The molecule has 0 bridgehead atoms. The van der Waals surface area contributed by atoms with E-state index in [1.54, 1.807) is 0 Å². The number of hydrogen-bond acceptors (Lipinski definition) is 2. The second kappa shape index (κ2) is 4.82. The van der Waals surface area contributed by atoms with Gasteiger partial charge in [0.05, 0.1) is 0 Å². The number of aryl methyl sites for hydroxylation is 2. The molecule has 0 spiro atoms. The smallest absolute Gasteiger partial charge is 0.168 e. The maximum absolute atomic E-state index is 12.6. The van der Waals surface area contributed by atoms with E-state index in [1.165, 1.54) is 5.56 Å². The van der Waals surface area contributed by atoms with Gasteiger partial charge < -0.3 is 9.30 Å². The van der Waals surface area contributed by atoms with Crippen molar-refractivity contribution in [3.8, 4) is 0 Å². The lowest BCUT2D eigenvalue weighted by Crippen LogP contribution is -2.23. The molecular formula is C16H19NO2. The predicted octanol–water partition coefficient (Wildman–Crippen LogP) is 3.10. The number of ketones is 1. The summed E-state index contributed by atoms with van der Waals surface area (Å²) in [6.07, 6.45) is 3.67.